The Morgan fingerprint density at radius 1 is 1.35 bits per heavy atom. The third-order valence-electron chi connectivity index (χ3n) is 1.89. The Kier molecular flexibility index (Phi) is 4.41. The molecule has 0 atom stereocenters. The fourth-order valence-corrected chi connectivity index (χ4v) is 1.89. The molecule has 0 fully saturated rings. The van der Waals surface area contributed by atoms with Crippen LogP contribution in [0.15, 0.2) is 23.1 Å². The molecular weight excluding hydrogens is 257 g/mol. The van der Waals surface area contributed by atoms with E-state index in [0.29, 0.717) is 0 Å². The molecule has 0 radical (unpaired) electrons. The summed E-state index contributed by atoms with van der Waals surface area (Å²) >= 11 is 1.03. The number of aliphatic hydroxyl groups is 1. The molecule has 0 bridgehead atoms. The highest BCUT2D eigenvalue weighted by molar-refractivity contribution is 7.99. The molecular formula is C10H9F3O3S. The van der Waals surface area contributed by atoms with Crippen molar-refractivity contribution in [3.63, 3.8) is 0 Å². The second kappa shape index (κ2) is 5.42. The number of hydrogen-bond donors (Lipinski definition) is 2. The van der Waals surface area contributed by atoms with Crippen molar-refractivity contribution in [2.24, 2.45) is 0 Å². The smallest absolute Gasteiger partial charge is 0.417 e. The van der Waals surface area contributed by atoms with Gasteiger partial charge in [-0.3, -0.25) is 0 Å². The van der Waals surface area contributed by atoms with Crippen LogP contribution in [-0.4, -0.2) is 28.5 Å². The number of aromatic carboxylic acids is 1. The van der Waals surface area contributed by atoms with E-state index in [4.69, 9.17) is 10.2 Å². The summed E-state index contributed by atoms with van der Waals surface area (Å²) < 4.78 is 37.8. The van der Waals surface area contributed by atoms with Crippen LogP contribution in [0.25, 0.3) is 0 Å². The largest absolute Gasteiger partial charge is 0.478 e. The van der Waals surface area contributed by atoms with Crippen LogP contribution in [0.1, 0.15) is 15.9 Å². The van der Waals surface area contributed by atoms with E-state index < -0.39 is 23.3 Å². The van der Waals surface area contributed by atoms with Crippen molar-refractivity contribution in [2.75, 3.05) is 12.4 Å². The molecule has 2 N–H and O–H groups in total. The molecule has 0 aliphatic carbocycles. The molecule has 0 unspecified atom stereocenters. The lowest BCUT2D eigenvalue weighted by atomic mass is 10.1. The minimum atomic E-state index is -4.70. The summed E-state index contributed by atoms with van der Waals surface area (Å²) in [5, 5.41) is 17.2. The number of carboxylic acids is 1. The SMILES string of the molecule is O=C(O)c1ccc(SCCO)cc1C(F)(F)F. The zero-order chi connectivity index (χ0) is 13.1. The highest BCUT2D eigenvalue weighted by Gasteiger charge is 2.35. The van der Waals surface area contributed by atoms with E-state index in [0.717, 1.165) is 23.9 Å². The van der Waals surface area contributed by atoms with Gasteiger partial charge < -0.3 is 10.2 Å². The number of aliphatic hydroxyl groups excluding tert-OH is 1. The second-order valence-corrected chi connectivity index (χ2v) is 4.25. The lowest BCUT2D eigenvalue weighted by Crippen LogP contribution is -2.12. The van der Waals surface area contributed by atoms with Gasteiger partial charge in [-0.25, -0.2) is 4.79 Å². The summed E-state index contributed by atoms with van der Waals surface area (Å²) in [5.41, 5.74) is -1.95. The molecule has 0 spiro atoms. The quantitative estimate of drug-likeness (QED) is 0.822. The molecule has 0 aromatic heterocycles. The fourth-order valence-electron chi connectivity index (χ4n) is 1.20. The first-order valence-corrected chi connectivity index (χ1v) is 5.53. The number of halogens is 3. The Labute approximate surface area is 99.3 Å². The van der Waals surface area contributed by atoms with E-state index in [1.807, 2.05) is 0 Å². The van der Waals surface area contributed by atoms with Gasteiger partial charge in [-0.1, -0.05) is 0 Å². The molecule has 0 saturated carbocycles. The van der Waals surface area contributed by atoms with Gasteiger partial charge in [0.15, 0.2) is 0 Å². The van der Waals surface area contributed by atoms with E-state index >= 15 is 0 Å². The van der Waals surface area contributed by atoms with Crippen molar-refractivity contribution in [1.82, 2.24) is 0 Å². The minimum Gasteiger partial charge on any atom is -0.478 e. The van der Waals surface area contributed by atoms with Crippen LogP contribution in [-0.2, 0) is 6.18 Å². The van der Waals surface area contributed by atoms with Gasteiger partial charge >= 0.3 is 12.1 Å². The number of alkyl halides is 3. The van der Waals surface area contributed by atoms with Crippen molar-refractivity contribution >= 4 is 17.7 Å². The van der Waals surface area contributed by atoms with E-state index in [9.17, 15) is 18.0 Å². The predicted octanol–water partition coefficient (Wildman–Crippen LogP) is 2.49. The Bertz CT molecular complexity index is 418. The van der Waals surface area contributed by atoms with Crippen LogP contribution < -0.4 is 0 Å². The Morgan fingerprint density at radius 3 is 2.47 bits per heavy atom. The topological polar surface area (TPSA) is 57.5 Å². The first-order chi connectivity index (χ1) is 7.86. The average molecular weight is 266 g/mol. The van der Waals surface area contributed by atoms with Crippen molar-refractivity contribution < 1.29 is 28.2 Å². The number of thioether (sulfide) groups is 1. The van der Waals surface area contributed by atoms with Crippen LogP contribution in [0.4, 0.5) is 13.2 Å². The van der Waals surface area contributed by atoms with Gasteiger partial charge in [0.25, 0.3) is 0 Å². The highest BCUT2D eigenvalue weighted by Crippen LogP contribution is 2.34. The van der Waals surface area contributed by atoms with E-state index in [2.05, 4.69) is 0 Å². The normalized spacial score (nSPS) is 11.5. The highest BCUT2D eigenvalue weighted by atomic mass is 32.2. The molecule has 7 heteroatoms. The van der Waals surface area contributed by atoms with Crippen LogP contribution in [0.2, 0.25) is 0 Å². The maximum Gasteiger partial charge on any atom is 0.417 e. The van der Waals surface area contributed by atoms with Crippen molar-refractivity contribution in [1.29, 1.82) is 0 Å². The van der Waals surface area contributed by atoms with Gasteiger partial charge in [0.2, 0.25) is 0 Å². The molecule has 0 aliphatic heterocycles. The minimum absolute atomic E-state index is 0.160. The van der Waals surface area contributed by atoms with Gasteiger partial charge in [-0.05, 0) is 18.2 Å². The molecule has 0 heterocycles. The fraction of sp³-hybridized carbons (Fsp3) is 0.300. The molecule has 94 valence electrons. The number of benzene rings is 1. The first-order valence-electron chi connectivity index (χ1n) is 4.54. The van der Waals surface area contributed by atoms with Crippen LogP contribution in [0, 0.1) is 0 Å². The average Bonchev–Trinajstić information content (AvgIpc) is 2.24. The number of carbonyl (C=O) groups is 1. The Balaban J connectivity index is 3.15. The van der Waals surface area contributed by atoms with E-state index in [1.165, 1.54) is 6.07 Å². The summed E-state index contributed by atoms with van der Waals surface area (Å²) in [6.07, 6.45) is -4.70. The van der Waals surface area contributed by atoms with Crippen molar-refractivity contribution in [3.8, 4) is 0 Å². The van der Waals surface area contributed by atoms with Gasteiger partial charge in [0.05, 0.1) is 17.7 Å². The maximum atomic E-state index is 12.6. The third kappa shape index (κ3) is 3.64. The molecule has 0 aliphatic rings. The predicted molar refractivity (Wildman–Crippen MR) is 56.2 cm³/mol. The van der Waals surface area contributed by atoms with Gasteiger partial charge in [0.1, 0.15) is 0 Å². The standard InChI is InChI=1S/C10H9F3O3S/c11-10(12,13)8-5-6(17-4-3-14)1-2-7(8)9(15)16/h1-2,5,14H,3-4H2,(H,15,16). The summed E-state index contributed by atoms with van der Waals surface area (Å²) in [5.74, 6) is -1.36. The molecule has 0 saturated heterocycles. The number of rotatable bonds is 4. The summed E-state index contributed by atoms with van der Waals surface area (Å²) in [6.45, 7) is -0.160. The van der Waals surface area contributed by atoms with Gasteiger partial charge in [-0.15, -0.1) is 11.8 Å². The summed E-state index contributed by atoms with van der Waals surface area (Å²) in [4.78, 5) is 10.9. The summed E-state index contributed by atoms with van der Waals surface area (Å²) in [6, 6.07) is 2.99. The summed E-state index contributed by atoms with van der Waals surface area (Å²) in [7, 11) is 0. The third-order valence-corrected chi connectivity index (χ3v) is 2.86. The van der Waals surface area contributed by atoms with Gasteiger partial charge in [0, 0.05) is 10.6 Å². The van der Waals surface area contributed by atoms with Crippen molar-refractivity contribution in [2.45, 2.75) is 11.1 Å². The molecule has 1 aromatic carbocycles. The molecule has 3 nitrogen and oxygen atoms in total. The number of carboxylic acid groups (broad SMARTS) is 1. The second-order valence-electron chi connectivity index (χ2n) is 3.08. The van der Waals surface area contributed by atoms with Gasteiger partial charge in [-0.2, -0.15) is 13.2 Å². The Morgan fingerprint density at radius 2 is 2.00 bits per heavy atom. The van der Waals surface area contributed by atoms with Crippen LogP contribution in [0.5, 0.6) is 0 Å². The first kappa shape index (κ1) is 13.9. The number of hydrogen-bond acceptors (Lipinski definition) is 3. The van der Waals surface area contributed by atoms with E-state index in [-0.39, 0.29) is 17.3 Å². The van der Waals surface area contributed by atoms with Crippen LogP contribution >= 0.6 is 11.8 Å². The Hall–Kier alpha value is -1.21. The molecule has 1 aromatic rings. The van der Waals surface area contributed by atoms with Crippen LogP contribution in [0.3, 0.4) is 0 Å². The lowest BCUT2D eigenvalue weighted by Gasteiger charge is -2.11. The zero-order valence-electron chi connectivity index (χ0n) is 8.49. The monoisotopic (exact) mass is 266 g/mol. The zero-order valence-corrected chi connectivity index (χ0v) is 9.31. The maximum absolute atomic E-state index is 12.6. The molecule has 1 rings (SSSR count). The lowest BCUT2D eigenvalue weighted by molar-refractivity contribution is -0.138. The van der Waals surface area contributed by atoms with E-state index in [1.54, 1.807) is 0 Å². The molecule has 17 heavy (non-hydrogen) atoms. The van der Waals surface area contributed by atoms with Crippen molar-refractivity contribution in [3.05, 3.63) is 29.3 Å². The molecule has 0 amide bonds.